The molecule has 26 heavy (non-hydrogen) atoms. The molecule has 1 heterocycles. The maximum absolute atomic E-state index is 12.4. The summed E-state index contributed by atoms with van der Waals surface area (Å²) >= 11 is 0. The van der Waals surface area contributed by atoms with Gasteiger partial charge < -0.3 is 10.2 Å². The molecule has 5 heteroatoms. The van der Waals surface area contributed by atoms with E-state index in [2.05, 4.69) is 11.4 Å². The highest BCUT2D eigenvalue weighted by Gasteiger charge is 2.35. The van der Waals surface area contributed by atoms with Gasteiger partial charge in [-0.3, -0.25) is 14.4 Å². The Morgan fingerprint density at radius 3 is 2.85 bits per heavy atom. The van der Waals surface area contributed by atoms with Gasteiger partial charge in [-0.1, -0.05) is 23.8 Å². The number of allylic oxidation sites excluding steroid dienone is 1. The molecule has 3 rings (SSSR count). The largest absolute Gasteiger partial charge is 0.355 e. The lowest BCUT2D eigenvalue weighted by Crippen LogP contribution is -2.33. The summed E-state index contributed by atoms with van der Waals surface area (Å²) in [5, 5.41) is 2.98. The minimum absolute atomic E-state index is 0.0372. The average molecular weight is 354 g/mol. The van der Waals surface area contributed by atoms with Crippen molar-refractivity contribution >= 4 is 23.3 Å². The lowest BCUT2D eigenvalue weighted by Gasteiger charge is -2.17. The summed E-state index contributed by atoms with van der Waals surface area (Å²) in [6.45, 7) is 2.51. The standard InChI is InChI=1S/C21H26N2O3/c1-15(24)17-8-5-9-19(12-17)23-14-18(13-20(23)25)21(26)22-11-10-16-6-3-2-4-7-16/h5-6,8-9,12,18H,2-4,7,10-11,13-14H2,1H3,(H,22,26). The highest BCUT2D eigenvalue weighted by Crippen LogP contribution is 2.26. The molecule has 0 saturated carbocycles. The minimum Gasteiger partial charge on any atom is -0.355 e. The molecule has 138 valence electrons. The predicted octanol–water partition coefficient (Wildman–Crippen LogP) is 3.25. The van der Waals surface area contributed by atoms with Crippen molar-refractivity contribution in [2.24, 2.45) is 5.92 Å². The first-order chi connectivity index (χ1) is 12.5. The molecule has 1 aliphatic carbocycles. The topological polar surface area (TPSA) is 66.5 Å². The van der Waals surface area contributed by atoms with Crippen LogP contribution in [0.15, 0.2) is 35.9 Å². The zero-order valence-corrected chi connectivity index (χ0v) is 15.3. The van der Waals surface area contributed by atoms with Gasteiger partial charge in [0.25, 0.3) is 0 Å². The highest BCUT2D eigenvalue weighted by molar-refractivity contribution is 6.02. The number of benzene rings is 1. The van der Waals surface area contributed by atoms with Crippen LogP contribution < -0.4 is 10.2 Å². The molecule has 1 aromatic rings. The lowest BCUT2D eigenvalue weighted by atomic mass is 9.97. The van der Waals surface area contributed by atoms with Crippen molar-refractivity contribution in [1.29, 1.82) is 0 Å². The Hall–Kier alpha value is -2.43. The Kier molecular flexibility index (Phi) is 5.86. The number of anilines is 1. The third kappa shape index (κ3) is 4.40. The van der Waals surface area contributed by atoms with Crippen LogP contribution in [0, 0.1) is 5.92 Å². The summed E-state index contributed by atoms with van der Waals surface area (Å²) in [4.78, 5) is 37.9. The molecule has 1 fully saturated rings. The van der Waals surface area contributed by atoms with Gasteiger partial charge in [-0.2, -0.15) is 0 Å². The van der Waals surface area contributed by atoms with Crippen LogP contribution in [0.4, 0.5) is 5.69 Å². The number of nitrogens with zero attached hydrogens (tertiary/aromatic N) is 1. The van der Waals surface area contributed by atoms with E-state index in [0.29, 0.717) is 24.3 Å². The molecule has 1 saturated heterocycles. The molecule has 0 radical (unpaired) electrons. The molecule has 0 bridgehead atoms. The summed E-state index contributed by atoms with van der Waals surface area (Å²) in [5.74, 6) is -0.491. The van der Waals surface area contributed by atoms with Crippen molar-refractivity contribution in [2.75, 3.05) is 18.0 Å². The van der Waals surface area contributed by atoms with Crippen molar-refractivity contribution in [3.05, 3.63) is 41.5 Å². The lowest BCUT2D eigenvalue weighted by molar-refractivity contribution is -0.126. The van der Waals surface area contributed by atoms with E-state index in [1.54, 1.807) is 29.2 Å². The second-order valence-corrected chi connectivity index (χ2v) is 7.16. The second-order valence-electron chi connectivity index (χ2n) is 7.16. The molecular formula is C21H26N2O3. The van der Waals surface area contributed by atoms with Crippen LogP contribution in [0.2, 0.25) is 0 Å². The fraction of sp³-hybridized carbons (Fsp3) is 0.476. The molecule has 5 nitrogen and oxygen atoms in total. The van der Waals surface area contributed by atoms with E-state index < -0.39 is 0 Å². The van der Waals surface area contributed by atoms with Gasteiger partial charge in [-0.15, -0.1) is 0 Å². The number of carbonyl (C=O) groups excluding carboxylic acids is 3. The van der Waals surface area contributed by atoms with Crippen LogP contribution in [0.25, 0.3) is 0 Å². The maximum Gasteiger partial charge on any atom is 0.227 e. The first-order valence-corrected chi connectivity index (χ1v) is 9.41. The molecule has 0 spiro atoms. The quantitative estimate of drug-likeness (QED) is 0.630. The summed E-state index contributed by atoms with van der Waals surface area (Å²) in [7, 11) is 0. The van der Waals surface area contributed by atoms with Crippen LogP contribution in [0.1, 0.15) is 55.8 Å². The van der Waals surface area contributed by atoms with E-state index in [4.69, 9.17) is 0 Å². The monoisotopic (exact) mass is 354 g/mol. The zero-order valence-electron chi connectivity index (χ0n) is 15.3. The number of carbonyl (C=O) groups is 3. The molecule has 0 aromatic heterocycles. The van der Waals surface area contributed by atoms with Gasteiger partial charge in [0, 0.05) is 30.8 Å². The zero-order chi connectivity index (χ0) is 18.5. The van der Waals surface area contributed by atoms with E-state index in [0.717, 1.165) is 19.3 Å². The van der Waals surface area contributed by atoms with Crippen LogP contribution in [0.5, 0.6) is 0 Å². The molecule has 1 atom stereocenters. The number of rotatable bonds is 6. The Morgan fingerprint density at radius 2 is 2.12 bits per heavy atom. The number of hydrogen-bond acceptors (Lipinski definition) is 3. The first-order valence-electron chi connectivity index (χ1n) is 9.41. The molecule has 2 amide bonds. The maximum atomic E-state index is 12.4. The fourth-order valence-electron chi connectivity index (χ4n) is 3.65. The van der Waals surface area contributed by atoms with Gasteiger partial charge >= 0.3 is 0 Å². The first kappa shape index (κ1) is 18.4. The van der Waals surface area contributed by atoms with Crippen molar-refractivity contribution in [1.82, 2.24) is 5.32 Å². The predicted molar refractivity (Wildman–Crippen MR) is 101 cm³/mol. The SMILES string of the molecule is CC(=O)c1cccc(N2CC(C(=O)NCCC3=CCCCC3)CC2=O)c1. The Bertz CT molecular complexity index is 739. The third-order valence-corrected chi connectivity index (χ3v) is 5.19. The Morgan fingerprint density at radius 1 is 1.27 bits per heavy atom. The molecule has 1 aliphatic heterocycles. The summed E-state index contributed by atoms with van der Waals surface area (Å²) in [6.07, 6.45) is 8.20. The minimum atomic E-state index is -0.330. The molecule has 1 aromatic carbocycles. The van der Waals surface area contributed by atoms with Gasteiger partial charge in [0.2, 0.25) is 11.8 Å². The van der Waals surface area contributed by atoms with Gasteiger partial charge in [0.1, 0.15) is 0 Å². The summed E-state index contributed by atoms with van der Waals surface area (Å²) in [6, 6.07) is 7.03. The summed E-state index contributed by atoms with van der Waals surface area (Å²) < 4.78 is 0. The van der Waals surface area contributed by atoms with Gasteiger partial charge in [0.05, 0.1) is 5.92 Å². The van der Waals surface area contributed by atoms with Gasteiger partial charge in [-0.25, -0.2) is 0 Å². The van der Waals surface area contributed by atoms with Crippen molar-refractivity contribution in [3.63, 3.8) is 0 Å². The van der Waals surface area contributed by atoms with Crippen molar-refractivity contribution in [2.45, 2.75) is 45.4 Å². The van der Waals surface area contributed by atoms with Crippen LogP contribution in [-0.2, 0) is 9.59 Å². The van der Waals surface area contributed by atoms with Crippen LogP contribution in [-0.4, -0.2) is 30.7 Å². The van der Waals surface area contributed by atoms with Crippen LogP contribution >= 0.6 is 0 Å². The van der Waals surface area contributed by atoms with Gasteiger partial charge in [0.15, 0.2) is 5.78 Å². The second kappa shape index (κ2) is 8.30. The van der Waals surface area contributed by atoms with Gasteiger partial charge in [-0.05, 0) is 51.2 Å². The number of amides is 2. The average Bonchev–Trinajstić information content (AvgIpc) is 3.04. The van der Waals surface area contributed by atoms with E-state index in [-0.39, 0.29) is 29.9 Å². The Labute approximate surface area is 154 Å². The van der Waals surface area contributed by atoms with E-state index >= 15 is 0 Å². The van der Waals surface area contributed by atoms with Crippen molar-refractivity contribution < 1.29 is 14.4 Å². The highest BCUT2D eigenvalue weighted by atomic mass is 16.2. The Balaban J connectivity index is 1.55. The summed E-state index contributed by atoms with van der Waals surface area (Å²) in [5.41, 5.74) is 2.69. The number of Topliss-reactive ketones (excluding diaryl/α,β-unsaturated/α-hetero) is 1. The molecule has 1 unspecified atom stereocenters. The number of nitrogens with one attached hydrogen (secondary N) is 1. The smallest absolute Gasteiger partial charge is 0.227 e. The van der Waals surface area contributed by atoms with Crippen LogP contribution in [0.3, 0.4) is 0 Å². The third-order valence-electron chi connectivity index (χ3n) is 5.19. The van der Waals surface area contributed by atoms with Crippen molar-refractivity contribution in [3.8, 4) is 0 Å². The van der Waals surface area contributed by atoms with E-state index in [1.165, 1.54) is 25.3 Å². The molecule has 2 aliphatic rings. The number of hydrogen-bond donors (Lipinski definition) is 1. The van der Waals surface area contributed by atoms with E-state index in [1.807, 2.05) is 0 Å². The molecular weight excluding hydrogens is 328 g/mol. The molecule has 1 N–H and O–H groups in total. The number of ketones is 1. The fourth-order valence-corrected chi connectivity index (χ4v) is 3.65. The normalized spacial score (nSPS) is 20.0. The van der Waals surface area contributed by atoms with E-state index in [9.17, 15) is 14.4 Å².